The van der Waals surface area contributed by atoms with Crippen molar-refractivity contribution in [1.29, 1.82) is 0 Å². The molecule has 0 aromatic rings. The second-order valence-corrected chi connectivity index (χ2v) is 3.27. The van der Waals surface area contributed by atoms with Gasteiger partial charge in [0, 0.05) is 13.0 Å². The molecule has 0 fully saturated rings. The van der Waals surface area contributed by atoms with Crippen LogP contribution < -0.4 is 17.0 Å². The van der Waals surface area contributed by atoms with Gasteiger partial charge in [0.05, 0.1) is 18.3 Å². The zero-order chi connectivity index (χ0) is 10.6. The number of hydrogen-bond donors (Lipinski definition) is 3. The van der Waals surface area contributed by atoms with E-state index in [1.807, 2.05) is 0 Å². The van der Waals surface area contributed by atoms with E-state index in [2.05, 4.69) is 5.43 Å². The van der Waals surface area contributed by atoms with E-state index >= 15 is 0 Å². The summed E-state index contributed by atoms with van der Waals surface area (Å²) in [7, 11) is 1.56. The molecule has 5 heteroatoms. The van der Waals surface area contributed by atoms with Crippen molar-refractivity contribution >= 4 is 5.91 Å². The molecule has 0 saturated heterocycles. The Kier molecular flexibility index (Phi) is 3.27. The Hall–Kier alpha value is -1.33. The van der Waals surface area contributed by atoms with Gasteiger partial charge in [0.2, 0.25) is 5.91 Å². The molecule has 5 nitrogen and oxygen atoms in total. The van der Waals surface area contributed by atoms with Crippen LogP contribution in [0.1, 0.15) is 6.42 Å². The molecule has 0 saturated carbocycles. The van der Waals surface area contributed by atoms with Crippen LogP contribution in [0.15, 0.2) is 24.0 Å². The summed E-state index contributed by atoms with van der Waals surface area (Å²) < 4.78 is 5.08. The molecule has 5 N–H and O–H groups in total. The Morgan fingerprint density at radius 2 is 2.50 bits per heavy atom. The van der Waals surface area contributed by atoms with Crippen molar-refractivity contribution in [3.8, 4) is 0 Å². The number of methoxy groups -OCH3 is 1. The molecular weight excluding hydrogens is 182 g/mol. The Morgan fingerprint density at radius 3 is 3.00 bits per heavy atom. The molecule has 0 aromatic heterocycles. The van der Waals surface area contributed by atoms with Gasteiger partial charge in [-0.1, -0.05) is 12.2 Å². The fourth-order valence-corrected chi connectivity index (χ4v) is 1.47. The lowest BCUT2D eigenvalue weighted by Crippen LogP contribution is -2.46. The van der Waals surface area contributed by atoms with E-state index in [1.165, 1.54) is 0 Å². The first-order valence-electron chi connectivity index (χ1n) is 4.30. The number of nitrogens with one attached hydrogen (secondary N) is 1. The third kappa shape index (κ3) is 1.94. The van der Waals surface area contributed by atoms with E-state index in [1.54, 1.807) is 25.3 Å². The van der Waals surface area contributed by atoms with Crippen molar-refractivity contribution in [1.82, 2.24) is 5.43 Å². The number of rotatable bonds is 4. The average molecular weight is 197 g/mol. The number of carbonyl (C=O) groups excluding carboxylic acids is 1. The highest BCUT2D eigenvalue weighted by atomic mass is 16.5. The quantitative estimate of drug-likeness (QED) is 0.415. The fraction of sp³-hybridized carbons (Fsp3) is 0.444. The highest BCUT2D eigenvalue weighted by Crippen LogP contribution is 2.30. The number of ether oxygens (including phenoxy) is 1. The molecule has 14 heavy (non-hydrogen) atoms. The lowest BCUT2D eigenvalue weighted by atomic mass is 9.80. The van der Waals surface area contributed by atoms with Crippen molar-refractivity contribution in [3.63, 3.8) is 0 Å². The topological polar surface area (TPSA) is 90.4 Å². The van der Waals surface area contributed by atoms with Gasteiger partial charge >= 0.3 is 0 Å². The standard InChI is InChI=1S/C9H15N3O2/c1-14-7-3-2-4-9(5-7,6-12-11)8(10)13/h2-4,12H,5-6,11H2,1H3,(H2,10,13). The number of primary amides is 1. The van der Waals surface area contributed by atoms with E-state index in [0.29, 0.717) is 13.0 Å². The predicted molar refractivity (Wildman–Crippen MR) is 52.7 cm³/mol. The summed E-state index contributed by atoms with van der Waals surface area (Å²) in [5.74, 6) is 5.53. The number of carbonyl (C=O) groups is 1. The molecule has 1 unspecified atom stereocenters. The van der Waals surface area contributed by atoms with Crippen molar-refractivity contribution in [2.24, 2.45) is 17.0 Å². The summed E-state index contributed by atoms with van der Waals surface area (Å²) in [5, 5.41) is 0. The largest absolute Gasteiger partial charge is 0.501 e. The SMILES string of the molecule is COC1=CC=CC(CNN)(C(N)=O)C1. The summed E-state index contributed by atoms with van der Waals surface area (Å²) >= 11 is 0. The van der Waals surface area contributed by atoms with Gasteiger partial charge in [-0.3, -0.25) is 16.1 Å². The van der Waals surface area contributed by atoms with Crippen molar-refractivity contribution in [3.05, 3.63) is 24.0 Å². The highest BCUT2D eigenvalue weighted by Gasteiger charge is 2.36. The minimum atomic E-state index is -0.769. The maximum absolute atomic E-state index is 11.3. The highest BCUT2D eigenvalue weighted by molar-refractivity contribution is 5.84. The Morgan fingerprint density at radius 1 is 1.79 bits per heavy atom. The Labute approximate surface area is 82.7 Å². The van der Waals surface area contributed by atoms with E-state index in [9.17, 15) is 4.79 Å². The van der Waals surface area contributed by atoms with Crippen molar-refractivity contribution < 1.29 is 9.53 Å². The fourth-order valence-electron chi connectivity index (χ4n) is 1.47. The van der Waals surface area contributed by atoms with E-state index in [-0.39, 0.29) is 0 Å². The molecular formula is C9H15N3O2. The summed E-state index contributed by atoms with van der Waals surface area (Å²) in [6, 6.07) is 0. The Bertz CT molecular complexity index is 286. The molecule has 1 atom stereocenters. The van der Waals surface area contributed by atoms with E-state index in [4.69, 9.17) is 16.3 Å². The lowest BCUT2D eigenvalue weighted by molar-refractivity contribution is -0.125. The summed E-state index contributed by atoms with van der Waals surface area (Å²) in [6.07, 6.45) is 5.75. The molecule has 0 aliphatic heterocycles. The number of hydrazine groups is 1. The molecule has 1 rings (SSSR count). The van der Waals surface area contributed by atoms with Gasteiger partial charge in [0.25, 0.3) is 0 Å². The van der Waals surface area contributed by atoms with Crippen molar-refractivity contribution in [2.75, 3.05) is 13.7 Å². The van der Waals surface area contributed by atoms with Crippen LogP contribution in [0.2, 0.25) is 0 Å². The molecule has 1 aliphatic rings. The van der Waals surface area contributed by atoms with Crippen molar-refractivity contribution in [2.45, 2.75) is 6.42 Å². The normalized spacial score (nSPS) is 25.7. The van der Waals surface area contributed by atoms with E-state index < -0.39 is 11.3 Å². The number of hydrogen-bond acceptors (Lipinski definition) is 4. The van der Waals surface area contributed by atoms with Crippen LogP contribution in [-0.4, -0.2) is 19.6 Å². The maximum Gasteiger partial charge on any atom is 0.229 e. The molecule has 0 heterocycles. The van der Waals surface area contributed by atoms with Crippen LogP contribution in [0.25, 0.3) is 0 Å². The zero-order valence-corrected chi connectivity index (χ0v) is 8.12. The molecule has 0 aromatic carbocycles. The molecule has 0 bridgehead atoms. The van der Waals surface area contributed by atoms with Crippen LogP contribution in [-0.2, 0) is 9.53 Å². The Balaban J connectivity index is 2.87. The minimum absolute atomic E-state index is 0.305. The van der Waals surface area contributed by atoms with Gasteiger partial charge in [0.1, 0.15) is 0 Å². The van der Waals surface area contributed by atoms with Gasteiger partial charge in [0.15, 0.2) is 0 Å². The van der Waals surface area contributed by atoms with Crippen LogP contribution >= 0.6 is 0 Å². The van der Waals surface area contributed by atoms with Gasteiger partial charge in [-0.25, -0.2) is 0 Å². The second-order valence-electron chi connectivity index (χ2n) is 3.27. The van der Waals surface area contributed by atoms with Gasteiger partial charge < -0.3 is 10.5 Å². The first-order chi connectivity index (χ1) is 6.64. The second kappa shape index (κ2) is 4.26. The molecule has 1 aliphatic carbocycles. The summed E-state index contributed by atoms with van der Waals surface area (Å²) in [4.78, 5) is 11.3. The van der Waals surface area contributed by atoms with E-state index in [0.717, 1.165) is 5.76 Å². The number of nitrogens with two attached hydrogens (primary N) is 2. The van der Waals surface area contributed by atoms with Gasteiger partial charge in [-0.15, -0.1) is 0 Å². The van der Waals surface area contributed by atoms with Crippen LogP contribution in [0.5, 0.6) is 0 Å². The number of amides is 1. The third-order valence-corrected chi connectivity index (χ3v) is 2.36. The molecule has 78 valence electrons. The molecule has 1 amide bonds. The maximum atomic E-state index is 11.3. The van der Waals surface area contributed by atoms with Crippen LogP contribution in [0.4, 0.5) is 0 Å². The monoisotopic (exact) mass is 197 g/mol. The summed E-state index contributed by atoms with van der Waals surface area (Å²) in [6.45, 7) is 0.305. The first-order valence-corrected chi connectivity index (χ1v) is 4.30. The zero-order valence-electron chi connectivity index (χ0n) is 8.12. The lowest BCUT2D eigenvalue weighted by Gasteiger charge is -2.29. The molecule has 0 spiro atoms. The van der Waals surface area contributed by atoms with Crippen LogP contribution in [0.3, 0.4) is 0 Å². The minimum Gasteiger partial charge on any atom is -0.501 e. The predicted octanol–water partition coefficient (Wildman–Crippen LogP) is -0.588. The smallest absolute Gasteiger partial charge is 0.229 e. The first kappa shape index (κ1) is 10.7. The third-order valence-electron chi connectivity index (χ3n) is 2.36. The van der Waals surface area contributed by atoms with Gasteiger partial charge in [-0.2, -0.15) is 0 Å². The number of allylic oxidation sites excluding steroid dienone is 3. The average Bonchev–Trinajstić information content (AvgIpc) is 2.18. The van der Waals surface area contributed by atoms with Crippen LogP contribution in [0, 0.1) is 5.41 Å². The summed E-state index contributed by atoms with van der Waals surface area (Å²) in [5.41, 5.74) is 7.04. The molecule has 0 radical (unpaired) electrons. The van der Waals surface area contributed by atoms with Gasteiger partial charge in [-0.05, 0) is 6.08 Å².